The molecule has 1 heterocycles. The van der Waals surface area contributed by atoms with Crippen LogP contribution < -0.4 is 0 Å². The van der Waals surface area contributed by atoms with Crippen LogP contribution >= 0.6 is 33.9 Å². The standard InChI is InChI=1S/C12H11Cl3O5S/c13-9-5-7(6-10(11(9)14)21(15,17)18)12(16)20-8-1-3-19-4-2-8/h5-6,8H,1-4H2. The molecule has 0 bridgehead atoms. The van der Waals surface area contributed by atoms with E-state index in [1.165, 1.54) is 6.07 Å². The smallest absolute Gasteiger partial charge is 0.338 e. The fourth-order valence-electron chi connectivity index (χ4n) is 1.87. The van der Waals surface area contributed by atoms with Crippen LogP contribution in [0.25, 0.3) is 0 Å². The molecule has 9 heteroatoms. The third-order valence-electron chi connectivity index (χ3n) is 2.94. The highest BCUT2D eigenvalue weighted by molar-refractivity contribution is 8.13. The highest BCUT2D eigenvalue weighted by Crippen LogP contribution is 2.33. The van der Waals surface area contributed by atoms with Gasteiger partial charge in [-0.1, -0.05) is 23.2 Å². The lowest BCUT2D eigenvalue weighted by Gasteiger charge is -2.22. The van der Waals surface area contributed by atoms with Crippen LogP contribution in [-0.2, 0) is 18.5 Å². The summed E-state index contributed by atoms with van der Waals surface area (Å²) < 4.78 is 33.3. The van der Waals surface area contributed by atoms with Crippen LogP contribution in [-0.4, -0.2) is 33.7 Å². The first-order chi connectivity index (χ1) is 9.79. The molecule has 0 spiro atoms. The van der Waals surface area contributed by atoms with Crippen molar-refractivity contribution in [3.8, 4) is 0 Å². The maximum absolute atomic E-state index is 12.1. The maximum atomic E-state index is 12.1. The SMILES string of the molecule is O=C(OC1CCOCC1)c1cc(Cl)c(Cl)c(S(=O)(=O)Cl)c1. The van der Waals surface area contributed by atoms with Gasteiger partial charge in [-0.25, -0.2) is 13.2 Å². The van der Waals surface area contributed by atoms with Gasteiger partial charge in [0.05, 0.1) is 28.8 Å². The summed E-state index contributed by atoms with van der Waals surface area (Å²) in [5, 5.41) is -0.313. The van der Waals surface area contributed by atoms with Gasteiger partial charge in [-0.3, -0.25) is 0 Å². The normalized spacial score (nSPS) is 16.7. The minimum absolute atomic E-state index is 0.0184. The van der Waals surface area contributed by atoms with E-state index >= 15 is 0 Å². The van der Waals surface area contributed by atoms with Gasteiger partial charge in [0.25, 0.3) is 9.05 Å². The van der Waals surface area contributed by atoms with Crippen LogP contribution in [0.15, 0.2) is 17.0 Å². The highest BCUT2D eigenvalue weighted by atomic mass is 35.7. The molecule has 0 aromatic heterocycles. The lowest BCUT2D eigenvalue weighted by Crippen LogP contribution is -2.26. The van der Waals surface area contributed by atoms with Gasteiger partial charge in [0, 0.05) is 23.5 Å². The van der Waals surface area contributed by atoms with Crippen molar-refractivity contribution in [1.29, 1.82) is 0 Å². The Balaban J connectivity index is 2.27. The van der Waals surface area contributed by atoms with Gasteiger partial charge in [0.2, 0.25) is 0 Å². The van der Waals surface area contributed by atoms with Gasteiger partial charge < -0.3 is 9.47 Å². The van der Waals surface area contributed by atoms with Gasteiger partial charge >= 0.3 is 5.97 Å². The van der Waals surface area contributed by atoms with Crippen LogP contribution in [0, 0.1) is 0 Å². The zero-order chi connectivity index (χ0) is 15.6. The number of halogens is 3. The van der Waals surface area contributed by atoms with Gasteiger partial charge in [-0.2, -0.15) is 0 Å². The molecule has 0 N–H and O–H groups in total. The largest absolute Gasteiger partial charge is 0.459 e. The van der Waals surface area contributed by atoms with Crippen molar-refractivity contribution in [3.05, 3.63) is 27.7 Å². The number of carbonyl (C=O) groups is 1. The van der Waals surface area contributed by atoms with E-state index in [1.54, 1.807) is 0 Å². The van der Waals surface area contributed by atoms with E-state index in [-0.39, 0.29) is 21.7 Å². The molecule has 2 rings (SSSR count). The van der Waals surface area contributed by atoms with E-state index in [0.29, 0.717) is 26.1 Å². The quantitative estimate of drug-likeness (QED) is 0.601. The Morgan fingerprint density at radius 1 is 1.24 bits per heavy atom. The number of hydrogen-bond donors (Lipinski definition) is 0. The fourth-order valence-corrected chi connectivity index (χ4v) is 3.64. The van der Waals surface area contributed by atoms with Gasteiger partial charge in [-0.15, -0.1) is 0 Å². The van der Waals surface area contributed by atoms with Crippen molar-refractivity contribution >= 4 is 48.9 Å². The summed E-state index contributed by atoms with van der Waals surface area (Å²) in [6.07, 6.45) is 0.915. The molecule has 0 atom stereocenters. The lowest BCUT2D eigenvalue weighted by atomic mass is 10.1. The molecule has 1 aliphatic heterocycles. The molecular formula is C12H11Cl3O5S. The summed E-state index contributed by atoms with van der Waals surface area (Å²) in [5.41, 5.74) is -0.0184. The third-order valence-corrected chi connectivity index (χ3v) is 5.20. The topological polar surface area (TPSA) is 69.7 Å². The van der Waals surface area contributed by atoms with Crippen LogP contribution in [0.1, 0.15) is 23.2 Å². The Hall–Kier alpha value is -0.530. The number of rotatable bonds is 3. The van der Waals surface area contributed by atoms with Crippen LogP contribution in [0.3, 0.4) is 0 Å². The Kier molecular flexibility index (Phi) is 5.38. The molecule has 1 aliphatic rings. The molecule has 21 heavy (non-hydrogen) atoms. The summed E-state index contributed by atoms with van der Waals surface area (Å²) in [4.78, 5) is 11.6. The van der Waals surface area contributed by atoms with E-state index in [9.17, 15) is 13.2 Å². The van der Waals surface area contributed by atoms with Crippen molar-refractivity contribution in [1.82, 2.24) is 0 Å². The van der Waals surface area contributed by atoms with E-state index in [4.69, 9.17) is 43.4 Å². The minimum Gasteiger partial charge on any atom is -0.459 e. The molecule has 1 aromatic rings. The molecule has 1 saturated heterocycles. The maximum Gasteiger partial charge on any atom is 0.338 e. The minimum atomic E-state index is -4.12. The van der Waals surface area contributed by atoms with Gasteiger partial charge in [0.1, 0.15) is 11.0 Å². The molecule has 0 unspecified atom stereocenters. The van der Waals surface area contributed by atoms with Crippen molar-refractivity contribution in [2.24, 2.45) is 0 Å². The average molecular weight is 374 g/mol. The van der Waals surface area contributed by atoms with E-state index < -0.39 is 19.9 Å². The first-order valence-corrected chi connectivity index (χ1v) is 9.08. The lowest BCUT2D eigenvalue weighted by molar-refractivity contribution is -0.0159. The number of ether oxygens (including phenoxy) is 2. The van der Waals surface area contributed by atoms with Crippen molar-refractivity contribution in [2.75, 3.05) is 13.2 Å². The molecule has 0 amide bonds. The van der Waals surface area contributed by atoms with E-state index in [1.807, 2.05) is 0 Å². The first-order valence-electron chi connectivity index (χ1n) is 6.01. The Labute approximate surface area is 136 Å². The first kappa shape index (κ1) is 16.8. The summed E-state index contributed by atoms with van der Waals surface area (Å²) >= 11 is 11.6. The fraction of sp³-hybridized carbons (Fsp3) is 0.417. The molecule has 1 fully saturated rings. The zero-order valence-corrected chi connectivity index (χ0v) is 13.7. The predicted octanol–water partition coefficient (Wildman–Crippen LogP) is 3.26. The molecule has 0 saturated carbocycles. The van der Waals surface area contributed by atoms with E-state index in [2.05, 4.69) is 0 Å². The summed E-state index contributed by atoms with van der Waals surface area (Å²) in [7, 11) is 1.15. The number of hydrogen-bond acceptors (Lipinski definition) is 5. The molecular weight excluding hydrogens is 363 g/mol. The average Bonchev–Trinajstić information content (AvgIpc) is 2.41. The summed E-state index contributed by atoms with van der Waals surface area (Å²) in [5.74, 6) is -0.679. The van der Waals surface area contributed by atoms with Crippen LogP contribution in [0.2, 0.25) is 10.0 Å². The van der Waals surface area contributed by atoms with Crippen LogP contribution in [0.4, 0.5) is 0 Å². The Bertz CT molecular complexity index is 653. The molecule has 116 valence electrons. The Morgan fingerprint density at radius 2 is 1.86 bits per heavy atom. The summed E-state index contributed by atoms with van der Waals surface area (Å²) in [6, 6.07) is 2.30. The second-order valence-corrected chi connectivity index (χ2v) is 7.74. The van der Waals surface area contributed by atoms with E-state index in [0.717, 1.165) is 6.07 Å². The third kappa shape index (κ3) is 4.23. The molecule has 1 aromatic carbocycles. The second-order valence-electron chi connectivity index (χ2n) is 4.43. The highest BCUT2D eigenvalue weighted by Gasteiger charge is 2.24. The molecule has 0 radical (unpaired) electrons. The number of carbonyl (C=O) groups excluding carboxylic acids is 1. The second kappa shape index (κ2) is 6.71. The van der Waals surface area contributed by atoms with Crippen LogP contribution in [0.5, 0.6) is 0 Å². The van der Waals surface area contributed by atoms with Crippen molar-refractivity contribution in [3.63, 3.8) is 0 Å². The summed E-state index contributed by atoms with van der Waals surface area (Å²) in [6.45, 7) is 1.03. The number of esters is 1. The zero-order valence-electron chi connectivity index (χ0n) is 10.6. The Morgan fingerprint density at radius 3 is 2.43 bits per heavy atom. The van der Waals surface area contributed by atoms with Gasteiger partial charge in [-0.05, 0) is 12.1 Å². The molecule has 0 aliphatic carbocycles. The van der Waals surface area contributed by atoms with Crippen molar-refractivity contribution in [2.45, 2.75) is 23.8 Å². The van der Waals surface area contributed by atoms with Gasteiger partial charge in [0.15, 0.2) is 0 Å². The molecule has 5 nitrogen and oxygen atoms in total. The van der Waals surface area contributed by atoms with Crippen molar-refractivity contribution < 1.29 is 22.7 Å². The predicted molar refractivity (Wildman–Crippen MR) is 78.8 cm³/mol. The number of benzene rings is 1. The monoisotopic (exact) mass is 372 g/mol.